The Morgan fingerprint density at radius 3 is 2.71 bits per heavy atom. The van der Waals surface area contributed by atoms with Crippen LogP contribution in [-0.4, -0.2) is 29.6 Å². The third kappa shape index (κ3) is 3.29. The van der Waals surface area contributed by atoms with E-state index in [9.17, 15) is 4.79 Å². The Bertz CT molecular complexity index is 954. The first-order valence-electron chi connectivity index (χ1n) is 9.02. The Balaban J connectivity index is 1.48. The zero-order valence-electron chi connectivity index (χ0n) is 15.3. The number of ether oxygens (including phenoxy) is 1. The molecular weight excluding hydrogens is 422 g/mol. The molecule has 0 unspecified atom stereocenters. The predicted octanol–water partition coefficient (Wildman–Crippen LogP) is 2.90. The van der Waals surface area contributed by atoms with Gasteiger partial charge in [0.15, 0.2) is 5.72 Å². The number of amides is 1. The summed E-state index contributed by atoms with van der Waals surface area (Å²) in [6.45, 7) is 5.29. The first-order valence-corrected chi connectivity index (χ1v) is 9.81. The van der Waals surface area contributed by atoms with Gasteiger partial charge in [0, 0.05) is 47.2 Å². The Morgan fingerprint density at radius 2 is 2.00 bits per heavy atom. The van der Waals surface area contributed by atoms with Crippen LogP contribution < -0.4 is 27.1 Å². The summed E-state index contributed by atoms with van der Waals surface area (Å²) in [5, 5.41) is 3.42. The normalized spacial score (nSPS) is 17.5. The van der Waals surface area contributed by atoms with E-state index in [-0.39, 0.29) is 5.91 Å². The number of nitrogens with zero attached hydrogens (tertiary/aromatic N) is 1. The van der Waals surface area contributed by atoms with E-state index in [1.54, 1.807) is 18.2 Å². The van der Waals surface area contributed by atoms with Crippen LogP contribution in [0.25, 0.3) is 5.70 Å². The lowest BCUT2D eigenvalue weighted by molar-refractivity contribution is -0.0145. The summed E-state index contributed by atoms with van der Waals surface area (Å²) in [5.74, 6) is 6.22. The van der Waals surface area contributed by atoms with Gasteiger partial charge < -0.3 is 26.1 Å². The topological polar surface area (TPSA) is 106 Å². The SMILES string of the molecule is C=C1NC2(CCN(C(=O)c3ccc(N)c(NN)c3)CC2)Oc2ccc(Br)cc21. The van der Waals surface area contributed by atoms with E-state index in [1.165, 1.54) is 0 Å². The number of carbonyl (C=O) groups is 1. The molecule has 0 saturated carbocycles. The maximum atomic E-state index is 12.9. The average molecular weight is 444 g/mol. The fourth-order valence-electron chi connectivity index (χ4n) is 3.70. The second kappa shape index (κ2) is 7.03. The monoisotopic (exact) mass is 443 g/mol. The second-order valence-corrected chi connectivity index (χ2v) is 7.99. The van der Waals surface area contributed by atoms with E-state index in [0.29, 0.717) is 42.9 Å². The number of benzene rings is 2. The number of nitrogens with one attached hydrogen (secondary N) is 2. The van der Waals surface area contributed by atoms with Gasteiger partial charge >= 0.3 is 0 Å². The fourth-order valence-corrected chi connectivity index (χ4v) is 4.06. The van der Waals surface area contributed by atoms with Gasteiger partial charge in [-0.05, 0) is 36.4 Å². The molecular formula is C20H22BrN5O2. The van der Waals surface area contributed by atoms with Crippen LogP contribution in [0.2, 0.25) is 0 Å². The number of anilines is 2. The highest BCUT2D eigenvalue weighted by Gasteiger charge is 2.41. The first-order chi connectivity index (χ1) is 13.4. The van der Waals surface area contributed by atoms with Crippen molar-refractivity contribution in [1.29, 1.82) is 0 Å². The van der Waals surface area contributed by atoms with E-state index in [1.807, 2.05) is 23.1 Å². The molecule has 0 aliphatic carbocycles. The van der Waals surface area contributed by atoms with E-state index >= 15 is 0 Å². The highest BCUT2D eigenvalue weighted by Crippen LogP contribution is 2.39. The summed E-state index contributed by atoms with van der Waals surface area (Å²) >= 11 is 3.48. The second-order valence-electron chi connectivity index (χ2n) is 7.08. The third-order valence-corrected chi connectivity index (χ3v) is 5.76. The van der Waals surface area contributed by atoms with E-state index in [4.69, 9.17) is 16.3 Å². The minimum absolute atomic E-state index is 0.0506. The Hall–Kier alpha value is -2.71. The minimum atomic E-state index is -0.542. The molecule has 28 heavy (non-hydrogen) atoms. The first kappa shape index (κ1) is 18.6. The number of halogens is 1. The van der Waals surface area contributed by atoms with Gasteiger partial charge in [0.25, 0.3) is 5.91 Å². The number of nitrogen functional groups attached to an aromatic ring is 2. The number of carbonyl (C=O) groups excluding carboxylic acids is 1. The van der Waals surface area contributed by atoms with Gasteiger partial charge in [0.2, 0.25) is 0 Å². The number of fused-ring (bicyclic) bond motifs is 1. The van der Waals surface area contributed by atoms with Crippen molar-refractivity contribution < 1.29 is 9.53 Å². The van der Waals surface area contributed by atoms with Crippen LogP contribution in [0.15, 0.2) is 47.4 Å². The van der Waals surface area contributed by atoms with E-state index < -0.39 is 5.72 Å². The van der Waals surface area contributed by atoms with Crippen LogP contribution in [0.5, 0.6) is 5.75 Å². The van der Waals surface area contributed by atoms with Crippen LogP contribution >= 0.6 is 15.9 Å². The number of hydrogen-bond acceptors (Lipinski definition) is 6. The zero-order chi connectivity index (χ0) is 19.9. The van der Waals surface area contributed by atoms with Crippen molar-refractivity contribution in [3.8, 4) is 5.75 Å². The molecule has 2 aliphatic rings. The van der Waals surface area contributed by atoms with Crippen molar-refractivity contribution in [1.82, 2.24) is 10.2 Å². The standard InChI is InChI=1S/C20H22BrN5O2/c1-12-15-11-14(21)3-5-18(15)28-20(24-12)6-8-26(9-7-20)19(27)13-2-4-16(22)17(10-13)25-23/h2-5,10-11,24-25H,1,6-9,22-23H2. The van der Waals surface area contributed by atoms with Crippen molar-refractivity contribution in [2.24, 2.45) is 5.84 Å². The number of rotatable bonds is 2. The van der Waals surface area contributed by atoms with Gasteiger partial charge in [-0.2, -0.15) is 0 Å². The molecule has 8 heteroatoms. The molecule has 6 N–H and O–H groups in total. The molecule has 0 radical (unpaired) electrons. The summed E-state index contributed by atoms with van der Waals surface area (Å²) in [5.41, 5.74) is 11.2. The molecule has 1 amide bonds. The molecule has 0 aromatic heterocycles. The molecule has 0 bridgehead atoms. The molecule has 2 aromatic rings. The Labute approximate surface area is 171 Å². The molecule has 2 aromatic carbocycles. The summed E-state index contributed by atoms with van der Waals surface area (Å²) in [6, 6.07) is 11.0. The molecule has 7 nitrogen and oxygen atoms in total. The van der Waals surface area contributed by atoms with Crippen LogP contribution in [0, 0.1) is 0 Å². The van der Waals surface area contributed by atoms with Crippen LogP contribution in [0.1, 0.15) is 28.8 Å². The lowest BCUT2D eigenvalue weighted by Crippen LogP contribution is -2.58. The van der Waals surface area contributed by atoms with E-state index in [2.05, 4.69) is 33.3 Å². The zero-order valence-corrected chi connectivity index (χ0v) is 16.9. The molecule has 4 rings (SSSR count). The third-order valence-electron chi connectivity index (χ3n) is 5.26. The highest BCUT2D eigenvalue weighted by atomic mass is 79.9. The van der Waals surface area contributed by atoms with Crippen molar-refractivity contribution in [3.63, 3.8) is 0 Å². The average Bonchev–Trinajstić information content (AvgIpc) is 2.69. The number of nitrogens with two attached hydrogens (primary N) is 2. The van der Waals surface area contributed by atoms with Gasteiger partial charge in [-0.1, -0.05) is 22.5 Å². The molecule has 0 atom stereocenters. The predicted molar refractivity (Wildman–Crippen MR) is 113 cm³/mol. The summed E-state index contributed by atoms with van der Waals surface area (Å²) in [6.07, 6.45) is 1.31. The smallest absolute Gasteiger partial charge is 0.253 e. The van der Waals surface area contributed by atoms with Crippen molar-refractivity contribution >= 4 is 38.9 Å². The maximum absolute atomic E-state index is 12.9. The van der Waals surface area contributed by atoms with Gasteiger partial charge in [0.1, 0.15) is 5.75 Å². The lowest BCUT2D eigenvalue weighted by Gasteiger charge is -2.46. The van der Waals surface area contributed by atoms with Crippen LogP contribution in [-0.2, 0) is 0 Å². The van der Waals surface area contributed by atoms with Gasteiger partial charge in [-0.25, -0.2) is 0 Å². The minimum Gasteiger partial charge on any atom is -0.467 e. The number of hydrogen-bond donors (Lipinski definition) is 4. The maximum Gasteiger partial charge on any atom is 0.253 e. The number of hydrazine groups is 1. The Kier molecular flexibility index (Phi) is 4.68. The molecule has 1 fully saturated rings. The van der Waals surface area contributed by atoms with Gasteiger partial charge in [-0.15, -0.1) is 0 Å². The molecule has 1 saturated heterocycles. The quantitative estimate of drug-likeness (QED) is 0.323. The van der Waals surface area contributed by atoms with Gasteiger partial charge in [-0.3, -0.25) is 10.6 Å². The van der Waals surface area contributed by atoms with Gasteiger partial charge in [0.05, 0.1) is 11.4 Å². The fraction of sp³-hybridized carbons (Fsp3) is 0.250. The molecule has 146 valence electrons. The lowest BCUT2D eigenvalue weighted by atomic mass is 9.95. The van der Waals surface area contributed by atoms with Crippen molar-refractivity contribution in [2.45, 2.75) is 18.6 Å². The number of piperidine rings is 1. The number of likely N-dealkylation sites (tertiary alicyclic amines) is 1. The largest absolute Gasteiger partial charge is 0.467 e. The Morgan fingerprint density at radius 1 is 1.25 bits per heavy atom. The summed E-state index contributed by atoms with van der Waals surface area (Å²) in [7, 11) is 0. The summed E-state index contributed by atoms with van der Waals surface area (Å²) < 4.78 is 7.27. The van der Waals surface area contributed by atoms with E-state index in [0.717, 1.165) is 21.5 Å². The molecule has 2 heterocycles. The summed E-state index contributed by atoms with van der Waals surface area (Å²) in [4.78, 5) is 14.7. The van der Waals surface area contributed by atoms with Crippen LogP contribution in [0.4, 0.5) is 11.4 Å². The van der Waals surface area contributed by atoms with Crippen LogP contribution in [0.3, 0.4) is 0 Å². The molecule has 1 spiro atoms. The van der Waals surface area contributed by atoms with Crippen molar-refractivity contribution in [3.05, 3.63) is 58.6 Å². The van der Waals surface area contributed by atoms with Crippen molar-refractivity contribution in [2.75, 3.05) is 24.2 Å². The highest BCUT2D eigenvalue weighted by molar-refractivity contribution is 9.10. The molecule has 2 aliphatic heterocycles.